The largest absolute Gasteiger partial charge is 0.387 e. The summed E-state index contributed by atoms with van der Waals surface area (Å²) in [6.07, 6.45) is 0.155. The van der Waals surface area contributed by atoms with Crippen molar-refractivity contribution in [3.05, 3.63) is 37.7 Å². The van der Waals surface area contributed by atoms with Gasteiger partial charge in [-0.2, -0.15) is 5.10 Å². The lowest BCUT2D eigenvalue weighted by atomic mass is 10.1. The van der Waals surface area contributed by atoms with E-state index in [0.717, 1.165) is 26.6 Å². The molecule has 2 heterocycles. The fourth-order valence-corrected chi connectivity index (χ4v) is 3.54. The maximum atomic E-state index is 10.3. The molecule has 5 heteroatoms. The van der Waals surface area contributed by atoms with Crippen molar-refractivity contribution in [2.75, 3.05) is 0 Å². The van der Waals surface area contributed by atoms with Crippen LogP contribution in [0.5, 0.6) is 0 Å². The van der Waals surface area contributed by atoms with Crippen LogP contribution in [0.1, 0.15) is 34.9 Å². The number of hydrogen-bond donors (Lipinski definition) is 1. The number of halogens is 1. The van der Waals surface area contributed by atoms with Crippen molar-refractivity contribution in [3.63, 3.8) is 0 Å². The standard InChI is InChI=1S/C13H17BrN2OS/c1-4-16-10(6-9(3)15-16)7-11(17)12-5-8(2)13(14)18-12/h5-6,11,17H,4,7H2,1-3H3. The second-order valence-electron chi connectivity index (χ2n) is 4.42. The maximum Gasteiger partial charge on any atom is 0.0937 e. The average Bonchev–Trinajstić information content (AvgIpc) is 2.83. The summed E-state index contributed by atoms with van der Waals surface area (Å²) in [5.74, 6) is 0. The van der Waals surface area contributed by atoms with E-state index in [0.29, 0.717) is 6.42 Å². The van der Waals surface area contributed by atoms with E-state index in [1.54, 1.807) is 11.3 Å². The Bertz CT molecular complexity index is 528. The minimum atomic E-state index is -0.457. The van der Waals surface area contributed by atoms with Crippen LogP contribution in [-0.2, 0) is 13.0 Å². The van der Waals surface area contributed by atoms with Crippen molar-refractivity contribution in [1.82, 2.24) is 9.78 Å². The van der Waals surface area contributed by atoms with Gasteiger partial charge in [0.15, 0.2) is 0 Å². The lowest BCUT2D eigenvalue weighted by molar-refractivity contribution is 0.179. The first-order chi connectivity index (χ1) is 8.51. The summed E-state index contributed by atoms with van der Waals surface area (Å²) in [7, 11) is 0. The summed E-state index contributed by atoms with van der Waals surface area (Å²) < 4.78 is 3.05. The minimum Gasteiger partial charge on any atom is -0.387 e. The first-order valence-electron chi connectivity index (χ1n) is 5.98. The molecule has 0 aliphatic heterocycles. The van der Waals surface area contributed by atoms with E-state index in [4.69, 9.17) is 0 Å². The fraction of sp³-hybridized carbons (Fsp3) is 0.462. The van der Waals surface area contributed by atoms with Gasteiger partial charge in [-0.25, -0.2) is 0 Å². The van der Waals surface area contributed by atoms with Crippen molar-refractivity contribution in [1.29, 1.82) is 0 Å². The van der Waals surface area contributed by atoms with Gasteiger partial charge in [-0.15, -0.1) is 11.3 Å². The van der Waals surface area contributed by atoms with Gasteiger partial charge in [0.25, 0.3) is 0 Å². The molecule has 0 aliphatic rings. The second kappa shape index (κ2) is 5.55. The quantitative estimate of drug-likeness (QED) is 0.930. The highest BCUT2D eigenvalue weighted by Crippen LogP contribution is 2.32. The third kappa shape index (κ3) is 2.84. The normalized spacial score (nSPS) is 12.9. The SMILES string of the molecule is CCn1nc(C)cc1CC(O)c1cc(C)c(Br)s1. The summed E-state index contributed by atoms with van der Waals surface area (Å²) in [4.78, 5) is 1.00. The average molecular weight is 329 g/mol. The van der Waals surface area contributed by atoms with Crippen LogP contribution < -0.4 is 0 Å². The third-order valence-electron chi connectivity index (χ3n) is 2.89. The maximum absolute atomic E-state index is 10.3. The molecule has 3 nitrogen and oxygen atoms in total. The summed E-state index contributed by atoms with van der Waals surface area (Å²) in [5.41, 5.74) is 3.27. The van der Waals surface area contributed by atoms with Crippen LogP contribution in [0.15, 0.2) is 15.9 Å². The Kier molecular flexibility index (Phi) is 4.25. The molecule has 1 N–H and O–H groups in total. The number of aliphatic hydroxyl groups excluding tert-OH is 1. The molecule has 0 saturated carbocycles. The monoisotopic (exact) mass is 328 g/mol. The minimum absolute atomic E-state index is 0.457. The molecule has 18 heavy (non-hydrogen) atoms. The first-order valence-corrected chi connectivity index (χ1v) is 7.59. The van der Waals surface area contributed by atoms with E-state index in [9.17, 15) is 5.11 Å². The van der Waals surface area contributed by atoms with E-state index in [1.165, 1.54) is 5.56 Å². The molecule has 0 fully saturated rings. The van der Waals surface area contributed by atoms with Crippen LogP contribution in [0.4, 0.5) is 0 Å². The van der Waals surface area contributed by atoms with Gasteiger partial charge in [-0.1, -0.05) is 0 Å². The Balaban J connectivity index is 2.17. The van der Waals surface area contributed by atoms with Gasteiger partial charge in [0.1, 0.15) is 0 Å². The topological polar surface area (TPSA) is 38.0 Å². The van der Waals surface area contributed by atoms with Gasteiger partial charge in [-0.05, 0) is 54.4 Å². The van der Waals surface area contributed by atoms with Gasteiger partial charge in [0, 0.05) is 23.5 Å². The molecular formula is C13H17BrN2OS. The van der Waals surface area contributed by atoms with Gasteiger partial charge >= 0.3 is 0 Å². The predicted octanol–water partition coefficient (Wildman–Crippen LogP) is 3.62. The summed E-state index contributed by atoms with van der Waals surface area (Å²) in [5, 5.41) is 14.7. The third-order valence-corrected chi connectivity index (χ3v) is 5.13. The van der Waals surface area contributed by atoms with Crippen molar-refractivity contribution >= 4 is 27.3 Å². The molecule has 98 valence electrons. The van der Waals surface area contributed by atoms with Crippen LogP contribution >= 0.6 is 27.3 Å². The summed E-state index contributed by atoms with van der Waals surface area (Å²) >= 11 is 5.09. The van der Waals surface area contributed by atoms with Crippen molar-refractivity contribution in [2.24, 2.45) is 0 Å². The fourth-order valence-electron chi connectivity index (χ4n) is 1.98. The number of hydrogen-bond acceptors (Lipinski definition) is 3. The Morgan fingerprint density at radius 3 is 2.72 bits per heavy atom. The number of nitrogens with zero attached hydrogens (tertiary/aromatic N) is 2. The van der Waals surface area contributed by atoms with E-state index in [2.05, 4.69) is 28.0 Å². The molecule has 0 saturated heterocycles. The summed E-state index contributed by atoms with van der Waals surface area (Å²) in [6.45, 7) is 6.92. The first kappa shape index (κ1) is 13.8. The molecule has 0 aliphatic carbocycles. The van der Waals surface area contributed by atoms with Crippen LogP contribution in [0.2, 0.25) is 0 Å². The number of aryl methyl sites for hydroxylation is 3. The predicted molar refractivity (Wildman–Crippen MR) is 78.1 cm³/mol. The van der Waals surface area contributed by atoms with Crippen molar-refractivity contribution in [3.8, 4) is 0 Å². The Labute approximate surface area is 120 Å². The van der Waals surface area contributed by atoms with Crippen LogP contribution in [0, 0.1) is 13.8 Å². The van der Waals surface area contributed by atoms with E-state index >= 15 is 0 Å². The van der Waals surface area contributed by atoms with Crippen LogP contribution in [0.3, 0.4) is 0 Å². The molecule has 0 bridgehead atoms. The van der Waals surface area contributed by atoms with Crippen molar-refractivity contribution in [2.45, 2.75) is 39.8 Å². The lowest BCUT2D eigenvalue weighted by Gasteiger charge is -2.09. The highest BCUT2D eigenvalue weighted by Gasteiger charge is 2.15. The molecular weight excluding hydrogens is 312 g/mol. The van der Waals surface area contributed by atoms with Crippen molar-refractivity contribution < 1.29 is 5.11 Å². The zero-order chi connectivity index (χ0) is 13.3. The highest BCUT2D eigenvalue weighted by molar-refractivity contribution is 9.11. The van der Waals surface area contributed by atoms with Gasteiger partial charge in [0.2, 0.25) is 0 Å². The van der Waals surface area contributed by atoms with Gasteiger partial charge in [-0.3, -0.25) is 4.68 Å². The molecule has 2 rings (SSSR count). The lowest BCUT2D eigenvalue weighted by Crippen LogP contribution is -2.07. The molecule has 0 spiro atoms. The number of aliphatic hydroxyl groups is 1. The second-order valence-corrected chi connectivity index (χ2v) is 6.82. The zero-order valence-corrected chi connectivity index (χ0v) is 13.2. The van der Waals surface area contributed by atoms with Crippen LogP contribution in [-0.4, -0.2) is 14.9 Å². The Hall–Kier alpha value is -0.650. The van der Waals surface area contributed by atoms with E-state index in [1.807, 2.05) is 30.7 Å². The smallest absolute Gasteiger partial charge is 0.0937 e. The molecule has 0 radical (unpaired) electrons. The molecule has 2 aromatic rings. The van der Waals surface area contributed by atoms with Gasteiger partial charge < -0.3 is 5.11 Å². The summed E-state index contributed by atoms with van der Waals surface area (Å²) in [6, 6.07) is 4.08. The Morgan fingerprint density at radius 1 is 1.44 bits per heavy atom. The molecule has 1 unspecified atom stereocenters. The number of rotatable bonds is 4. The van der Waals surface area contributed by atoms with E-state index in [-0.39, 0.29) is 0 Å². The molecule has 2 aromatic heterocycles. The highest BCUT2D eigenvalue weighted by atomic mass is 79.9. The van der Waals surface area contributed by atoms with Gasteiger partial charge in [0.05, 0.1) is 15.6 Å². The zero-order valence-electron chi connectivity index (χ0n) is 10.8. The Morgan fingerprint density at radius 2 is 2.17 bits per heavy atom. The number of aromatic nitrogens is 2. The molecule has 0 amide bonds. The molecule has 1 atom stereocenters. The van der Waals surface area contributed by atoms with Crippen LogP contribution in [0.25, 0.3) is 0 Å². The van der Waals surface area contributed by atoms with E-state index < -0.39 is 6.10 Å². The number of thiophene rings is 1. The molecule has 0 aromatic carbocycles.